The third-order valence-corrected chi connectivity index (χ3v) is 6.23. The van der Waals surface area contributed by atoms with Gasteiger partial charge in [0.2, 0.25) is 17.5 Å². The van der Waals surface area contributed by atoms with Crippen LogP contribution in [0.4, 0.5) is 9.59 Å². The van der Waals surface area contributed by atoms with Gasteiger partial charge < -0.3 is 30.4 Å². The average molecular weight is 572 g/mol. The Labute approximate surface area is 243 Å². The predicted molar refractivity (Wildman–Crippen MR) is 154 cm³/mol. The van der Waals surface area contributed by atoms with E-state index in [1.54, 1.807) is 24.3 Å². The Bertz CT molecular complexity index is 1430. The highest BCUT2D eigenvalue weighted by atomic mass is 16.6. The summed E-state index contributed by atoms with van der Waals surface area (Å²) in [5, 5.41) is 9.16. The third-order valence-electron chi connectivity index (χ3n) is 6.23. The van der Waals surface area contributed by atoms with Crippen LogP contribution >= 0.6 is 0 Å². The number of aromatic nitrogens is 2. The molecule has 4 N–H and O–H groups in total. The molecule has 11 nitrogen and oxygen atoms in total. The number of Topliss-reactive ketones (excluding diaryl/α,β-unsaturated/α-hetero) is 1. The smallest absolute Gasteiger partial charge is 0.412 e. The van der Waals surface area contributed by atoms with Crippen LogP contribution in [0, 0.1) is 0 Å². The number of carbonyl (C=O) groups excluding carboxylic acids is 3. The topological polar surface area (TPSA) is 159 Å². The van der Waals surface area contributed by atoms with Gasteiger partial charge in [0.25, 0.3) is 0 Å². The van der Waals surface area contributed by atoms with Crippen molar-refractivity contribution in [1.29, 1.82) is 0 Å². The first kappa shape index (κ1) is 29.9. The van der Waals surface area contributed by atoms with Gasteiger partial charge in [-0.15, -0.1) is 0 Å². The first-order chi connectivity index (χ1) is 20.5. The number of alkyl carbamates (subject to hydrolysis) is 1. The molecule has 2 amide bonds. The summed E-state index contributed by atoms with van der Waals surface area (Å²) < 4.78 is 15.9. The number of nitrogens with one attached hydrogen (secondary N) is 2. The Hall–Kier alpha value is -5.03. The zero-order valence-electron chi connectivity index (χ0n) is 23.0. The van der Waals surface area contributed by atoms with Gasteiger partial charge in [-0.3, -0.25) is 4.79 Å². The largest absolute Gasteiger partial charge is 0.445 e. The van der Waals surface area contributed by atoms with E-state index in [4.69, 9.17) is 19.7 Å². The van der Waals surface area contributed by atoms with E-state index in [2.05, 4.69) is 20.8 Å². The van der Waals surface area contributed by atoms with Gasteiger partial charge in [-0.25, -0.2) is 9.59 Å². The molecule has 4 aromatic rings. The third kappa shape index (κ3) is 9.56. The second-order valence-corrected chi connectivity index (χ2v) is 9.47. The average Bonchev–Trinajstić information content (AvgIpc) is 3.49. The number of hydrogen-bond acceptors (Lipinski definition) is 9. The summed E-state index contributed by atoms with van der Waals surface area (Å²) in [6.45, 7) is 0.896. The molecule has 11 heteroatoms. The van der Waals surface area contributed by atoms with Gasteiger partial charge in [0.05, 0.1) is 12.5 Å². The first-order valence-electron chi connectivity index (χ1n) is 13.6. The van der Waals surface area contributed by atoms with Gasteiger partial charge in [-0.1, -0.05) is 78.0 Å². The number of carbonyl (C=O) groups is 3. The van der Waals surface area contributed by atoms with Crippen LogP contribution in [0.5, 0.6) is 5.75 Å². The molecule has 0 bridgehead atoms. The van der Waals surface area contributed by atoms with Crippen molar-refractivity contribution in [2.75, 3.05) is 6.54 Å². The van der Waals surface area contributed by atoms with Crippen molar-refractivity contribution in [3.05, 3.63) is 113 Å². The van der Waals surface area contributed by atoms with E-state index in [-0.39, 0.29) is 24.7 Å². The van der Waals surface area contributed by atoms with Crippen LogP contribution in [0.15, 0.2) is 89.5 Å². The fourth-order valence-corrected chi connectivity index (χ4v) is 4.01. The minimum Gasteiger partial charge on any atom is -0.445 e. The Kier molecular flexibility index (Phi) is 11.2. The Morgan fingerprint density at radius 3 is 2.21 bits per heavy atom. The molecule has 3 aromatic carbocycles. The first-order valence-corrected chi connectivity index (χ1v) is 13.6. The van der Waals surface area contributed by atoms with Crippen LogP contribution in [0.2, 0.25) is 0 Å². The Morgan fingerprint density at radius 1 is 0.833 bits per heavy atom. The molecule has 0 saturated carbocycles. The maximum Gasteiger partial charge on any atom is 0.412 e. The van der Waals surface area contributed by atoms with Crippen molar-refractivity contribution >= 4 is 18.0 Å². The second kappa shape index (κ2) is 15.7. The molecule has 0 aliphatic carbocycles. The zero-order valence-corrected chi connectivity index (χ0v) is 23.0. The van der Waals surface area contributed by atoms with Gasteiger partial charge >= 0.3 is 12.2 Å². The summed E-state index contributed by atoms with van der Waals surface area (Å²) in [6, 6.07) is 24.7. The molecule has 218 valence electrons. The normalized spacial score (nSPS) is 11.4. The fourth-order valence-electron chi connectivity index (χ4n) is 4.01. The van der Waals surface area contributed by atoms with Crippen LogP contribution in [0.3, 0.4) is 0 Å². The summed E-state index contributed by atoms with van der Waals surface area (Å²) in [7, 11) is 0. The van der Waals surface area contributed by atoms with Crippen molar-refractivity contribution in [1.82, 2.24) is 20.8 Å². The molecule has 0 fully saturated rings. The molecule has 1 unspecified atom stereocenters. The Morgan fingerprint density at radius 2 is 1.52 bits per heavy atom. The highest BCUT2D eigenvalue weighted by Gasteiger charge is 2.27. The van der Waals surface area contributed by atoms with Crippen molar-refractivity contribution in [2.45, 2.75) is 44.9 Å². The summed E-state index contributed by atoms with van der Waals surface area (Å²) in [6.07, 6.45) is 0.632. The number of benzene rings is 3. The number of hydrogen-bond donors (Lipinski definition) is 3. The summed E-state index contributed by atoms with van der Waals surface area (Å²) in [5.41, 5.74) is 8.19. The lowest BCUT2D eigenvalue weighted by atomic mass is 10.0. The van der Waals surface area contributed by atoms with E-state index < -0.39 is 24.0 Å². The van der Waals surface area contributed by atoms with E-state index in [1.165, 1.54) is 0 Å². The van der Waals surface area contributed by atoms with Gasteiger partial charge in [-0.2, -0.15) is 4.98 Å². The minimum absolute atomic E-state index is 0.0743. The lowest BCUT2D eigenvalue weighted by molar-refractivity contribution is 0.0896. The second-order valence-electron chi connectivity index (χ2n) is 9.47. The molecule has 1 heterocycles. The molecular weight excluding hydrogens is 538 g/mol. The highest BCUT2D eigenvalue weighted by molar-refractivity contribution is 5.98. The predicted octanol–water partition coefficient (Wildman–Crippen LogP) is 4.56. The zero-order chi connectivity index (χ0) is 29.6. The minimum atomic E-state index is -0.894. The monoisotopic (exact) mass is 571 g/mol. The number of rotatable bonds is 14. The lowest BCUT2D eigenvalue weighted by Crippen LogP contribution is -2.41. The fraction of sp³-hybridized carbons (Fsp3) is 0.258. The quantitative estimate of drug-likeness (QED) is 0.146. The number of unbranched alkanes of at least 4 members (excludes halogenated alkanes) is 1. The van der Waals surface area contributed by atoms with Gasteiger partial charge in [-0.05, 0) is 54.6 Å². The van der Waals surface area contributed by atoms with Gasteiger partial charge in [0.15, 0.2) is 0 Å². The molecule has 4 rings (SSSR count). The number of amides is 2. The van der Waals surface area contributed by atoms with Crippen molar-refractivity contribution < 1.29 is 28.4 Å². The molecule has 1 atom stereocenters. The van der Waals surface area contributed by atoms with Crippen LogP contribution < -0.4 is 21.1 Å². The maximum atomic E-state index is 13.2. The molecule has 0 aliphatic heterocycles. The molecule has 0 spiro atoms. The van der Waals surface area contributed by atoms with E-state index in [1.807, 2.05) is 60.7 Å². The number of ketones is 1. The summed E-state index contributed by atoms with van der Waals surface area (Å²) in [4.78, 5) is 41.9. The van der Waals surface area contributed by atoms with E-state index >= 15 is 0 Å². The standard InChI is InChI=1S/C31H33N5O6/c32-18-8-7-13-26(34-31(39)40-21-24-11-5-2-6-12-24)28(37)29-35-27(42-36-29)19-22-14-16-25(17-15-22)41-30(38)33-20-23-9-3-1-4-10-23/h1-6,9-12,14-17,26H,7-8,13,18-21,32H2,(H,33,38)(H,34,39). The molecule has 0 aliphatic rings. The molecule has 0 radical (unpaired) electrons. The van der Waals surface area contributed by atoms with Crippen LogP contribution in [0.1, 0.15) is 52.5 Å². The van der Waals surface area contributed by atoms with Gasteiger partial charge in [0.1, 0.15) is 12.4 Å². The van der Waals surface area contributed by atoms with Crippen molar-refractivity contribution in [3.8, 4) is 5.75 Å². The maximum absolute atomic E-state index is 13.2. The number of nitrogens with two attached hydrogens (primary N) is 1. The van der Waals surface area contributed by atoms with Crippen LogP contribution in [-0.4, -0.2) is 40.7 Å². The molecule has 42 heavy (non-hydrogen) atoms. The SMILES string of the molecule is NCCCCC(NC(=O)OCc1ccccc1)C(=O)c1noc(Cc2ccc(OC(=O)NCc3ccccc3)cc2)n1. The molecular formula is C31H33N5O6. The molecule has 1 aromatic heterocycles. The van der Waals surface area contributed by atoms with Crippen molar-refractivity contribution in [2.24, 2.45) is 5.73 Å². The van der Waals surface area contributed by atoms with E-state index in [0.29, 0.717) is 38.1 Å². The summed E-state index contributed by atoms with van der Waals surface area (Å²) in [5.74, 6) is -0.0265. The molecule has 0 saturated heterocycles. The van der Waals surface area contributed by atoms with Crippen molar-refractivity contribution in [3.63, 3.8) is 0 Å². The number of nitrogens with zero attached hydrogens (tertiary/aromatic N) is 2. The summed E-state index contributed by atoms with van der Waals surface area (Å²) >= 11 is 0. The van der Waals surface area contributed by atoms with Crippen LogP contribution in [-0.2, 0) is 24.3 Å². The van der Waals surface area contributed by atoms with E-state index in [0.717, 1.165) is 16.7 Å². The Balaban J connectivity index is 1.29. The number of ether oxygens (including phenoxy) is 2. The highest BCUT2D eigenvalue weighted by Crippen LogP contribution is 2.16. The van der Waals surface area contributed by atoms with E-state index in [9.17, 15) is 14.4 Å². The van der Waals surface area contributed by atoms with Gasteiger partial charge in [0, 0.05) is 6.54 Å². The lowest BCUT2D eigenvalue weighted by Gasteiger charge is -2.16. The van der Waals surface area contributed by atoms with Crippen LogP contribution in [0.25, 0.3) is 0 Å².